The van der Waals surface area contributed by atoms with Crippen LogP contribution in [-0.2, 0) is 0 Å². The summed E-state index contributed by atoms with van der Waals surface area (Å²) in [6.45, 7) is 2.95. The van der Waals surface area contributed by atoms with Crippen LogP contribution in [-0.4, -0.2) is 48.7 Å². The van der Waals surface area contributed by atoms with Gasteiger partial charge in [-0.1, -0.05) is 18.5 Å². The molecular formula is C21H20ClF4N3O2S. The summed E-state index contributed by atoms with van der Waals surface area (Å²) in [6.07, 6.45) is 0.866. The van der Waals surface area contributed by atoms with Gasteiger partial charge < -0.3 is 14.5 Å². The van der Waals surface area contributed by atoms with Gasteiger partial charge in [0.1, 0.15) is 16.5 Å². The second-order valence-electron chi connectivity index (χ2n) is 7.02. The van der Waals surface area contributed by atoms with Crippen LogP contribution in [0.3, 0.4) is 0 Å². The Morgan fingerprint density at radius 3 is 2.12 bits per heavy atom. The zero-order valence-corrected chi connectivity index (χ0v) is 18.6. The van der Waals surface area contributed by atoms with Crippen LogP contribution in [0.2, 0.25) is 5.02 Å². The van der Waals surface area contributed by atoms with E-state index in [1.165, 1.54) is 4.90 Å². The lowest BCUT2D eigenvalue weighted by Gasteiger charge is -2.37. The third-order valence-corrected chi connectivity index (χ3v) is 5.57. The molecule has 1 amide bonds. The summed E-state index contributed by atoms with van der Waals surface area (Å²) >= 11 is 10.5. The molecule has 1 fully saturated rings. The second kappa shape index (κ2) is 10.4. The second-order valence-corrected chi connectivity index (χ2v) is 7.79. The number of hydrogen-bond acceptors (Lipinski definition) is 4. The normalized spacial score (nSPS) is 13.8. The lowest BCUT2D eigenvalue weighted by molar-refractivity contribution is 0.0973. The third kappa shape index (κ3) is 5.07. The Morgan fingerprint density at radius 1 is 1.03 bits per heavy atom. The predicted octanol–water partition coefficient (Wildman–Crippen LogP) is 4.52. The molecule has 0 aliphatic carbocycles. The lowest BCUT2D eigenvalue weighted by atomic mass is 10.2. The highest BCUT2D eigenvalue weighted by atomic mass is 35.5. The van der Waals surface area contributed by atoms with Crippen molar-refractivity contribution in [2.24, 2.45) is 0 Å². The molecule has 2 aromatic rings. The van der Waals surface area contributed by atoms with Crippen LogP contribution >= 0.6 is 23.8 Å². The number of nitrogens with zero attached hydrogens (tertiary/aromatic N) is 2. The molecule has 0 unspecified atom stereocenters. The number of anilines is 1. The topological polar surface area (TPSA) is 44.8 Å². The van der Waals surface area contributed by atoms with E-state index in [-0.39, 0.29) is 31.3 Å². The fourth-order valence-electron chi connectivity index (χ4n) is 3.17. The van der Waals surface area contributed by atoms with Crippen molar-refractivity contribution in [3.8, 4) is 5.75 Å². The maximum atomic E-state index is 14.2. The van der Waals surface area contributed by atoms with E-state index in [1.54, 1.807) is 29.2 Å². The van der Waals surface area contributed by atoms with Gasteiger partial charge in [0, 0.05) is 31.7 Å². The lowest BCUT2D eigenvalue weighted by Crippen LogP contribution is -2.53. The summed E-state index contributed by atoms with van der Waals surface area (Å²) < 4.78 is 61.4. The molecule has 0 spiro atoms. The molecular weight excluding hydrogens is 470 g/mol. The molecule has 11 heteroatoms. The summed E-state index contributed by atoms with van der Waals surface area (Å²) in [7, 11) is 0. The minimum absolute atomic E-state index is 0.0217. The van der Waals surface area contributed by atoms with E-state index in [0.717, 1.165) is 6.42 Å². The minimum atomic E-state index is -1.64. The first-order chi connectivity index (χ1) is 15.2. The molecule has 0 radical (unpaired) electrons. The van der Waals surface area contributed by atoms with E-state index in [4.69, 9.17) is 28.6 Å². The number of nitrogens with one attached hydrogen (secondary N) is 1. The van der Waals surface area contributed by atoms with E-state index in [1.807, 2.05) is 6.92 Å². The number of amides is 1. The van der Waals surface area contributed by atoms with Crippen LogP contribution in [0, 0.1) is 23.3 Å². The Balaban J connectivity index is 1.60. The summed E-state index contributed by atoms with van der Waals surface area (Å²) in [6, 6.07) is 6.58. The van der Waals surface area contributed by atoms with Gasteiger partial charge in [-0.2, -0.15) is 0 Å². The van der Waals surface area contributed by atoms with E-state index in [0.29, 0.717) is 17.9 Å². The zero-order valence-electron chi connectivity index (χ0n) is 17.1. The van der Waals surface area contributed by atoms with Gasteiger partial charge in [0.05, 0.1) is 6.61 Å². The van der Waals surface area contributed by atoms with E-state index in [2.05, 4.69) is 5.32 Å². The molecule has 2 aromatic carbocycles. The molecule has 3 rings (SSSR count). The first-order valence-electron chi connectivity index (χ1n) is 9.84. The predicted molar refractivity (Wildman–Crippen MR) is 117 cm³/mol. The maximum Gasteiger partial charge on any atom is 0.257 e. The Kier molecular flexibility index (Phi) is 7.78. The maximum absolute atomic E-state index is 14.2. The molecule has 1 heterocycles. The van der Waals surface area contributed by atoms with Crippen molar-refractivity contribution in [2.45, 2.75) is 13.3 Å². The average Bonchev–Trinajstić information content (AvgIpc) is 2.81. The van der Waals surface area contributed by atoms with Crippen molar-refractivity contribution in [1.29, 1.82) is 0 Å². The highest BCUT2D eigenvalue weighted by Crippen LogP contribution is 2.33. The molecule has 0 bridgehead atoms. The standard InChI is InChI=1S/C21H20ClF4N3O2S/c1-2-11-31-13-5-3-12(4-6-13)20(30)27-21(32)29-9-7-28(8-10-29)19-17(25)15(23)14(22)16(24)18(19)26/h3-6H,2,7-11H2,1H3,(H,27,30,32). The first-order valence-corrected chi connectivity index (χ1v) is 10.6. The number of thiocarbonyl (C=S) groups is 1. The van der Waals surface area contributed by atoms with Gasteiger partial charge in [-0.05, 0) is 42.9 Å². The van der Waals surface area contributed by atoms with Crippen LogP contribution in [0.4, 0.5) is 23.2 Å². The largest absolute Gasteiger partial charge is 0.494 e. The van der Waals surface area contributed by atoms with Crippen molar-refractivity contribution >= 4 is 40.5 Å². The highest BCUT2D eigenvalue weighted by Gasteiger charge is 2.30. The molecule has 1 aliphatic rings. The highest BCUT2D eigenvalue weighted by molar-refractivity contribution is 7.80. The quantitative estimate of drug-likeness (QED) is 0.289. The van der Waals surface area contributed by atoms with Crippen molar-refractivity contribution in [1.82, 2.24) is 10.2 Å². The van der Waals surface area contributed by atoms with E-state index < -0.39 is 39.9 Å². The molecule has 172 valence electrons. The summed E-state index contributed by atoms with van der Waals surface area (Å²) in [5.41, 5.74) is -0.435. The smallest absolute Gasteiger partial charge is 0.257 e. The number of halogens is 5. The number of ether oxygens (including phenoxy) is 1. The van der Waals surface area contributed by atoms with Crippen LogP contribution in [0.15, 0.2) is 24.3 Å². The number of benzene rings is 2. The van der Waals surface area contributed by atoms with Crippen LogP contribution in [0.5, 0.6) is 5.75 Å². The summed E-state index contributed by atoms with van der Waals surface area (Å²) in [4.78, 5) is 15.2. The van der Waals surface area contributed by atoms with Gasteiger partial charge in [0.2, 0.25) is 0 Å². The number of carbonyl (C=O) groups excluding carboxylic acids is 1. The van der Waals surface area contributed by atoms with Gasteiger partial charge in [-0.15, -0.1) is 0 Å². The number of piperazine rings is 1. The minimum Gasteiger partial charge on any atom is -0.494 e. The van der Waals surface area contributed by atoms with E-state index in [9.17, 15) is 22.4 Å². The van der Waals surface area contributed by atoms with Gasteiger partial charge in [-0.3, -0.25) is 10.1 Å². The Bertz CT molecular complexity index is 986. The van der Waals surface area contributed by atoms with Crippen molar-refractivity contribution in [2.75, 3.05) is 37.7 Å². The van der Waals surface area contributed by atoms with Gasteiger partial charge >= 0.3 is 0 Å². The zero-order chi connectivity index (χ0) is 23.4. The Labute approximate surface area is 192 Å². The van der Waals surface area contributed by atoms with Crippen molar-refractivity contribution < 1.29 is 27.1 Å². The molecule has 0 saturated carbocycles. The van der Waals surface area contributed by atoms with E-state index >= 15 is 0 Å². The van der Waals surface area contributed by atoms with Crippen molar-refractivity contribution in [3.63, 3.8) is 0 Å². The fraction of sp³-hybridized carbons (Fsp3) is 0.333. The Hall–Kier alpha value is -2.59. The number of carbonyl (C=O) groups is 1. The summed E-state index contributed by atoms with van der Waals surface area (Å²) in [5.74, 6) is -6.15. The molecule has 0 aromatic heterocycles. The third-order valence-electron chi connectivity index (χ3n) is 4.88. The van der Waals surface area contributed by atoms with Gasteiger partial charge in [0.25, 0.3) is 5.91 Å². The molecule has 1 N–H and O–H groups in total. The van der Waals surface area contributed by atoms with Crippen LogP contribution in [0.25, 0.3) is 0 Å². The van der Waals surface area contributed by atoms with Crippen LogP contribution in [0.1, 0.15) is 23.7 Å². The first kappa shape index (κ1) is 24.1. The fourth-order valence-corrected chi connectivity index (χ4v) is 3.62. The SMILES string of the molecule is CCCOc1ccc(C(=O)NC(=S)N2CCN(c3c(F)c(F)c(Cl)c(F)c3F)CC2)cc1. The number of rotatable bonds is 5. The Morgan fingerprint density at radius 2 is 1.59 bits per heavy atom. The molecule has 0 atom stereocenters. The summed E-state index contributed by atoms with van der Waals surface area (Å²) in [5, 5.41) is 1.51. The van der Waals surface area contributed by atoms with Crippen molar-refractivity contribution in [3.05, 3.63) is 58.1 Å². The molecule has 1 aliphatic heterocycles. The van der Waals surface area contributed by atoms with Gasteiger partial charge in [0.15, 0.2) is 28.4 Å². The van der Waals surface area contributed by atoms with Gasteiger partial charge in [-0.25, -0.2) is 17.6 Å². The number of hydrogen-bond donors (Lipinski definition) is 1. The molecule has 32 heavy (non-hydrogen) atoms. The van der Waals surface area contributed by atoms with Crippen LogP contribution < -0.4 is 15.0 Å². The monoisotopic (exact) mass is 489 g/mol. The average molecular weight is 490 g/mol. The molecule has 5 nitrogen and oxygen atoms in total. The molecule has 1 saturated heterocycles.